The van der Waals surface area contributed by atoms with Crippen LogP contribution in [0.4, 0.5) is 0 Å². The van der Waals surface area contributed by atoms with Gasteiger partial charge in [0.25, 0.3) is 0 Å². The van der Waals surface area contributed by atoms with Crippen LogP contribution in [0.1, 0.15) is 95.9 Å². The van der Waals surface area contributed by atoms with E-state index < -0.39 is 27.2 Å². The Morgan fingerprint density at radius 2 is 0.741 bits per heavy atom. The zero-order chi connectivity index (χ0) is 21.2. The van der Waals surface area contributed by atoms with E-state index in [1.54, 1.807) is 0 Å². The summed E-state index contributed by atoms with van der Waals surface area (Å²) in [5.74, 6) is 0. The third-order valence-electron chi connectivity index (χ3n) is 7.63. The first-order chi connectivity index (χ1) is 12.3. The van der Waals surface area contributed by atoms with Crippen LogP contribution in [0, 0.1) is 5.41 Å². The van der Waals surface area contributed by atoms with Gasteiger partial charge in [0.15, 0.2) is 0 Å². The Morgan fingerprint density at radius 3 is 0.889 bits per heavy atom. The average Bonchev–Trinajstić information content (AvgIpc) is 3.26. The second kappa shape index (κ2) is 9.88. The van der Waals surface area contributed by atoms with E-state index in [1.165, 1.54) is 12.8 Å². The Kier molecular flexibility index (Phi) is 9.52. The maximum absolute atomic E-state index is 7.02. The van der Waals surface area contributed by atoms with Gasteiger partial charge in [-0.2, -0.15) is 0 Å². The first kappa shape index (κ1) is 26.0. The fourth-order valence-corrected chi connectivity index (χ4v) is 29.4. The molecule has 1 aliphatic carbocycles. The minimum atomic E-state index is -2.39. The molecular weight excluding hydrogens is 453 g/mol. The van der Waals surface area contributed by atoms with Crippen molar-refractivity contribution >= 4 is 27.2 Å². The van der Waals surface area contributed by atoms with Crippen LogP contribution in [-0.4, -0.2) is 40.4 Å². The third-order valence-corrected chi connectivity index (χ3v) is 33.1. The monoisotopic (exact) mass is 506 g/mol. The fraction of sp³-hybridized carbons (Fsp3) is 1.00. The van der Waals surface area contributed by atoms with E-state index in [9.17, 15) is 0 Å². The molecule has 0 spiro atoms. The number of rotatable bonds is 12. The molecule has 0 N–H and O–H groups in total. The first-order valence-electron chi connectivity index (χ1n) is 11.6. The van der Waals surface area contributed by atoms with Crippen molar-refractivity contribution in [2.24, 2.45) is 5.41 Å². The summed E-state index contributed by atoms with van der Waals surface area (Å²) in [6.07, 6.45) is 2.60. The molecule has 0 bridgehead atoms. The van der Waals surface area contributed by atoms with E-state index in [0.717, 1.165) is 13.2 Å². The Hall–Kier alpha value is 1.01. The predicted molar refractivity (Wildman–Crippen MR) is 126 cm³/mol. The third kappa shape index (κ3) is 5.38. The summed E-state index contributed by atoms with van der Waals surface area (Å²) < 4.78 is 18.3. The Morgan fingerprint density at radius 1 is 0.519 bits per heavy atom. The van der Waals surface area contributed by atoms with Crippen LogP contribution in [0.15, 0.2) is 0 Å². The van der Waals surface area contributed by atoms with Gasteiger partial charge >= 0.3 is 178 Å². The summed E-state index contributed by atoms with van der Waals surface area (Å²) >= 11 is -4.77. The molecule has 0 unspecified atom stereocenters. The molecule has 1 saturated carbocycles. The van der Waals surface area contributed by atoms with Gasteiger partial charge in [0.05, 0.1) is 0 Å². The molecule has 1 fully saturated rings. The minimum absolute atomic E-state index is 0.324. The first-order valence-corrected chi connectivity index (χ1v) is 20.5. The molecule has 0 heterocycles. The standard InChI is InChI=1S/C23H50Ge2O2/c1-17(2)24(18(3)4,19(5)6)26-15-23(13-14-23)16-27-25(20(7)8,21(9)10)22(11)12/h17-22H,13-16H2,1-12H3. The molecule has 0 aromatic heterocycles. The van der Waals surface area contributed by atoms with Gasteiger partial charge in [-0.15, -0.1) is 0 Å². The number of hydrogen-bond donors (Lipinski definition) is 0. The summed E-state index contributed by atoms with van der Waals surface area (Å²) in [4.78, 5) is 0. The van der Waals surface area contributed by atoms with E-state index in [1.807, 2.05) is 0 Å². The average molecular weight is 504 g/mol. The molecule has 1 rings (SSSR count). The van der Waals surface area contributed by atoms with Crippen molar-refractivity contribution in [3.63, 3.8) is 0 Å². The Bertz CT molecular complexity index is 370. The Labute approximate surface area is 177 Å². The molecular formula is C23H50Ge2O2. The van der Waals surface area contributed by atoms with E-state index in [2.05, 4.69) is 83.1 Å². The Balaban J connectivity index is 2.90. The van der Waals surface area contributed by atoms with Crippen molar-refractivity contribution in [3.05, 3.63) is 0 Å². The van der Waals surface area contributed by atoms with Gasteiger partial charge in [-0.1, -0.05) is 0 Å². The van der Waals surface area contributed by atoms with Crippen LogP contribution in [0.3, 0.4) is 0 Å². The van der Waals surface area contributed by atoms with Gasteiger partial charge in [-0.05, 0) is 0 Å². The van der Waals surface area contributed by atoms with Crippen LogP contribution in [0.25, 0.3) is 0 Å². The molecule has 0 atom stereocenters. The van der Waals surface area contributed by atoms with Gasteiger partial charge in [-0.25, -0.2) is 0 Å². The SMILES string of the molecule is C[CH](C)[Ge]([O]CC1(C[O][Ge]([CH](C)C)([CH](C)C)[CH](C)C)CC1)([CH](C)C)[CH](C)C. The van der Waals surface area contributed by atoms with Gasteiger partial charge in [0.2, 0.25) is 0 Å². The molecule has 0 radical (unpaired) electrons. The van der Waals surface area contributed by atoms with Crippen LogP contribution in [-0.2, 0) is 7.53 Å². The summed E-state index contributed by atoms with van der Waals surface area (Å²) in [5, 5.41) is 0. The predicted octanol–water partition coefficient (Wildman–Crippen LogP) is 8.15. The zero-order valence-electron chi connectivity index (χ0n) is 20.6. The second-order valence-corrected chi connectivity index (χ2v) is 34.1. The molecule has 162 valence electrons. The summed E-state index contributed by atoms with van der Waals surface area (Å²) in [6.45, 7) is 30.8. The van der Waals surface area contributed by atoms with Crippen molar-refractivity contribution < 1.29 is 7.53 Å². The molecule has 4 heteroatoms. The van der Waals surface area contributed by atoms with Crippen molar-refractivity contribution in [3.8, 4) is 0 Å². The van der Waals surface area contributed by atoms with Gasteiger partial charge in [0.1, 0.15) is 0 Å². The summed E-state index contributed by atoms with van der Waals surface area (Å²) in [7, 11) is 0. The molecule has 2 nitrogen and oxygen atoms in total. The number of hydrogen-bond acceptors (Lipinski definition) is 2. The van der Waals surface area contributed by atoms with Gasteiger partial charge < -0.3 is 0 Å². The van der Waals surface area contributed by atoms with Gasteiger partial charge in [0, 0.05) is 0 Å². The van der Waals surface area contributed by atoms with Gasteiger partial charge in [-0.3, -0.25) is 0 Å². The van der Waals surface area contributed by atoms with E-state index in [4.69, 9.17) is 7.53 Å². The summed E-state index contributed by atoms with van der Waals surface area (Å²) in [5.41, 5.74) is 0.324. The molecule has 0 saturated heterocycles. The molecule has 0 aromatic carbocycles. The quantitative estimate of drug-likeness (QED) is 0.250. The molecule has 0 aliphatic heterocycles. The molecule has 0 amide bonds. The zero-order valence-corrected chi connectivity index (χ0v) is 24.8. The van der Waals surface area contributed by atoms with E-state index in [-0.39, 0.29) is 0 Å². The normalized spacial score (nSPS) is 18.0. The molecule has 1 aliphatic rings. The topological polar surface area (TPSA) is 18.5 Å². The fourth-order valence-electron chi connectivity index (χ4n) is 6.06. The second-order valence-electron chi connectivity index (χ2n) is 11.2. The van der Waals surface area contributed by atoms with Crippen LogP contribution < -0.4 is 0 Å². The van der Waals surface area contributed by atoms with Crippen molar-refractivity contribution in [1.82, 2.24) is 0 Å². The van der Waals surface area contributed by atoms with Crippen molar-refractivity contribution in [2.45, 2.75) is 124 Å². The van der Waals surface area contributed by atoms with E-state index >= 15 is 0 Å². The summed E-state index contributed by atoms with van der Waals surface area (Å²) in [6, 6.07) is 0. The molecule has 27 heavy (non-hydrogen) atoms. The van der Waals surface area contributed by atoms with E-state index in [0.29, 0.717) is 33.9 Å². The van der Waals surface area contributed by atoms with Crippen LogP contribution in [0.5, 0.6) is 0 Å². The maximum atomic E-state index is 7.02. The van der Waals surface area contributed by atoms with Crippen molar-refractivity contribution in [2.75, 3.05) is 13.2 Å². The molecule has 0 aromatic rings. The van der Waals surface area contributed by atoms with Crippen LogP contribution in [0.2, 0.25) is 28.5 Å². The van der Waals surface area contributed by atoms with Crippen molar-refractivity contribution in [1.29, 1.82) is 0 Å². The van der Waals surface area contributed by atoms with Crippen LogP contribution >= 0.6 is 0 Å².